The van der Waals surface area contributed by atoms with E-state index < -0.39 is 0 Å². The highest BCUT2D eigenvalue weighted by Gasteiger charge is 2.32. The summed E-state index contributed by atoms with van der Waals surface area (Å²) in [6.07, 6.45) is 17.3. The number of esters is 1. The Morgan fingerprint density at radius 2 is 1.09 bits per heavy atom. The molecule has 0 saturated carbocycles. The van der Waals surface area contributed by atoms with E-state index in [9.17, 15) is 4.79 Å². The van der Waals surface area contributed by atoms with Crippen LogP contribution in [0.3, 0.4) is 0 Å². The van der Waals surface area contributed by atoms with Gasteiger partial charge in [-0.05, 0) is 19.8 Å². The summed E-state index contributed by atoms with van der Waals surface area (Å²) >= 11 is 0. The van der Waals surface area contributed by atoms with Crippen molar-refractivity contribution in [2.24, 2.45) is 5.41 Å². The predicted octanol–water partition coefficient (Wildman–Crippen LogP) is 6.67. The Kier molecular flexibility index (Phi) is 13.7. The van der Waals surface area contributed by atoms with Crippen LogP contribution in [0, 0.1) is 5.41 Å². The molecule has 0 rings (SSSR count). The van der Waals surface area contributed by atoms with E-state index in [2.05, 4.69) is 20.8 Å². The maximum absolute atomic E-state index is 12.1. The quantitative estimate of drug-likeness (QED) is 0.249. The second kappa shape index (κ2) is 14.1. The van der Waals surface area contributed by atoms with Crippen molar-refractivity contribution < 1.29 is 9.53 Å². The van der Waals surface area contributed by atoms with Crippen LogP contribution in [0.15, 0.2) is 0 Å². The summed E-state index contributed by atoms with van der Waals surface area (Å²) in [5.41, 5.74) is -0.260. The molecule has 132 valence electrons. The molecule has 0 aromatic heterocycles. The van der Waals surface area contributed by atoms with Gasteiger partial charge in [-0.1, -0.05) is 90.9 Å². The molecule has 0 bridgehead atoms. The van der Waals surface area contributed by atoms with Gasteiger partial charge in [-0.3, -0.25) is 4.79 Å². The van der Waals surface area contributed by atoms with Gasteiger partial charge in [-0.25, -0.2) is 0 Å². The first-order valence-electron chi connectivity index (χ1n) is 9.69. The number of ether oxygens (including phenoxy) is 1. The zero-order chi connectivity index (χ0) is 16.7. The molecule has 0 heterocycles. The van der Waals surface area contributed by atoms with E-state index in [0.717, 1.165) is 25.7 Å². The predicted molar refractivity (Wildman–Crippen MR) is 96.1 cm³/mol. The molecular weight excluding hydrogens is 272 g/mol. The van der Waals surface area contributed by atoms with Gasteiger partial charge in [0.05, 0.1) is 12.5 Å². The first kappa shape index (κ1) is 21.5. The van der Waals surface area contributed by atoms with Crippen molar-refractivity contribution in [2.45, 2.75) is 111 Å². The minimum Gasteiger partial charge on any atom is -0.469 e. The maximum Gasteiger partial charge on any atom is 0.311 e. The average molecular weight is 313 g/mol. The zero-order valence-electron chi connectivity index (χ0n) is 15.7. The van der Waals surface area contributed by atoms with Crippen LogP contribution in [0.2, 0.25) is 0 Å². The normalized spacial score (nSPS) is 11.6. The topological polar surface area (TPSA) is 26.3 Å². The highest BCUT2D eigenvalue weighted by atomic mass is 16.5. The van der Waals surface area contributed by atoms with E-state index in [4.69, 9.17) is 4.74 Å². The fourth-order valence-electron chi connectivity index (χ4n) is 3.17. The van der Waals surface area contributed by atoms with E-state index in [-0.39, 0.29) is 11.4 Å². The lowest BCUT2D eigenvalue weighted by molar-refractivity contribution is -0.152. The lowest BCUT2D eigenvalue weighted by atomic mass is 9.79. The van der Waals surface area contributed by atoms with Crippen LogP contribution in [-0.2, 0) is 9.53 Å². The van der Waals surface area contributed by atoms with Crippen LogP contribution in [-0.4, -0.2) is 13.1 Å². The highest BCUT2D eigenvalue weighted by molar-refractivity contribution is 5.76. The summed E-state index contributed by atoms with van der Waals surface area (Å²) in [7, 11) is 1.53. The Morgan fingerprint density at radius 1 is 0.727 bits per heavy atom. The second-order valence-corrected chi connectivity index (χ2v) is 7.09. The molecule has 0 N–H and O–H groups in total. The van der Waals surface area contributed by atoms with E-state index in [1.165, 1.54) is 71.3 Å². The zero-order valence-corrected chi connectivity index (χ0v) is 15.7. The van der Waals surface area contributed by atoms with Crippen molar-refractivity contribution in [1.29, 1.82) is 0 Å². The van der Waals surface area contributed by atoms with Crippen LogP contribution in [0.25, 0.3) is 0 Å². The molecule has 0 aliphatic carbocycles. The van der Waals surface area contributed by atoms with Gasteiger partial charge in [0.15, 0.2) is 0 Å². The Labute approximate surface area is 139 Å². The summed E-state index contributed by atoms with van der Waals surface area (Å²) in [4.78, 5) is 12.1. The van der Waals surface area contributed by atoms with Crippen LogP contribution in [0.1, 0.15) is 111 Å². The van der Waals surface area contributed by atoms with Gasteiger partial charge in [-0.2, -0.15) is 0 Å². The number of unbranched alkanes of at least 4 members (excludes halogenated alkanes) is 10. The van der Waals surface area contributed by atoms with Gasteiger partial charge in [0.25, 0.3) is 0 Å². The standard InChI is InChI=1S/C20H40O2/c1-5-7-9-11-13-15-17-20(3,19(21)22-4)18-16-14-12-10-8-6-2/h5-18H2,1-4H3. The molecule has 0 unspecified atom stereocenters. The molecule has 2 nitrogen and oxygen atoms in total. The van der Waals surface area contributed by atoms with Crippen molar-refractivity contribution in [3.05, 3.63) is 0 Å². The Morgan fingerprint density at radius 3 is 1.45 bits per heavy atom. The van der Waals surface area contributed by atoms with E-state index in [1.807, 2.05) is 0 Å². The van der Waals surface area contributed by atoms with Gasteiger partial charge in [0, 0.05) is 0 Å². The molecule has 0 aliphatic rings. The molecular formula is C20H40O2. The summed E-state index contributed by atoms with van der Waals surface area (Å²) < 4.78 is 5.07. The van der Waals surface area contributed by atoms with Crippen LogP contribution in [0.5, 0.6) is 0 Å². The first-order chi connectivity index (χ1) is 10.6. The molecule has 2 heteroatoms. The smallest absolute Gasteiger partial charge is 0.311 e. The third kappa shape index (κ3) is 10.2. The number of rotatable bonds is 15. The molecule has 0 amide bonds. The summed E-state index contributed by atoms with van der Waals surface area (Å²) in [6.45, 7) is 6.60. The van der Waals surface area contributed by atoms with Gasteiger partial charge in [-0.15, -0.1) is 0 Å². The fraction of sp³-hybridized carbons (Fsp3) is 0.950. The largest absolute Gasteiger partial charge is 0.469 e. The third-order valence-electron chi connectivity index (χ3n) is 4.84. The minimum atomic E-state index is -0.260. The number of methoxy groups -OCH3 is 1. The molecule has 0 saturated heterocycles. The van der Waals surface area contributed by atoms with Crippen LogP contribution in [0.4, 0.5) is 0 Å². The average Bonchev–Trinajstić information content (AvgIpc) is 2.53. The third-order valence-corrected chi connectivity index (χ3v) is 4.84. The molecule has 0 spiro atoms. The number of carbonyl (C=O) groups is 1. The molecule has 0 aromatic rings. The Bertz CT molecular complexity index is 244. The molecule has 0 radical (unpaired) electrons. The van der Waals surface area contributed by atoms with E-state index in [1.54, 1.807) is 0 Å². The van der Waals surface area contributed by atoms with Gasteiger partial charge in [0.2, 0.25) is 0 Å². The molecule has 0 fully saturated rings. The van der Waals surface area contributed by atoms with Crippen molar-refractivity contribution in [3.8, 4) is 0 Å². The number of hydrogen-bond donors (Lipinski definition) is 0. The molecule has 0 aliphatic heterocycles. The van der Waals surface area contributed by atoms with Crippen LogP contribution < -0.4 is 0 Å². The SMILES string of the molecule is CCCCCCCCC(C)(CCCCCCCC)C(=O)OC. The first-order valence-corrected chi connectivity index (χ1v) is 9.69. The lowest BCUT2D eigenvalue weighted by Gasteiger charge is -2.26. The number of carbonyl (C=O) groups excluding carboxylic acids is 1. The highest BCUT2D eigenvalue weighted by Crippen LogP contribution is 2.32. The van der Waals surface area contributed by atoms with Crippen LogP contribution >= 0.6 is 0 Å². The van der Waals surface area contributed by atoms with Crippen molar-refractivity contribution in [2.75, 3.05) is 7.11 Å². The summed E-state index contributed by atoms with van der Waals surface area (Å²) in [6, 6.07) is 0. The van der Waals surface area contributed by atoms with Gasteiger partial charge in [0.1, 0.15) is 0 Å². The maximum atomic E-state index is 12.1. The Hall–Kier alpha value is -0.530. The molecule has 22 heavy (non-hydrogen) atoms. The van der Waals surface area contributed by atoms with E-state index in [0.29, 0.717) is 0 Å². The van der Waals surface area contributed by atoms with Crippen molar-refractivity contribution in [3.63, 3.8) is 0 Å². The minimum absolute atomic E-state index is 0.00498. The van der Waals surface area contributed by atoms with Gasteiger partial charge < -0.3 is 4.74 Å². The monoisotopic (exact) mass is 312 g/mol. The Balaban J connectivity index is 3.99. The lowest BCUT2D eigenvalue weighted by Crippen LogP contribution is -2.29. The van der Waals surface area contributed by atoms with Crippen molar-refractivity contribution in [1.82, 2.24) is 0 Å². The van der Waals surface area contributed by atoms with Gasteiger partial charge >= 0.3 is 5.97 Å². The molecule has 0 aromatic carbocycles. The fourth-order valence-corrected chi connectivity index (χ4v) is 3.17. The second-order valence-electron chi connectivity index (χ2n) is 7.09. The van der Waals surface area contributed by atoms with Crippen molar-refractivity contribution >= 4 is 5.97 Å². The summed E-state index contributed by atoms with van der Waals surface area (Å²) in [5.74, 6) is -0.00498. The number of hydrogen-bond acceptors (Lipinski definition) is 2. The molecule has 0 atom stereocenters. The van der Waals surface area contributed by atoms with E-state index >= 15 is 0 Å². The summed E-state index contributed by atoms with van der Waals surface area (Å²) in [5, 5.41) is 0.